The average molecular weight is 398 g/mol. The first-order chi connectivity index (χ1) is 13.3. The van der Waals surface area contributed by atoms with E-state index in [0.29, 0.717) is 45.7 Å². The van der Waals surface area contributed by atoms with Gasteiger partial charge in [-0.25, -0.2) is 0 Å². The fourth-order valence-corrected chi connectivity index (χ4v) is 2.65. The first-order valence-corrected chi connectivity index (χ1v) is 9.27. The van der Waals surface area contributed by atoms with Crippen molar-refractivity contribution in [3.63, 3.8) is 0 Å². The Bertz CT molecular complexity index is 576. The van der Waals surface area contributed by atoms with E-state index in [2.05, 4.69) is 26.6 Å². The predicted molar refractivity (Wildman–Crippen MR) is 101 cm³/mol. The minimum absolute atomic E-state index is 0.105. The van der Waals surface area contributed by atoms with Gasteiger partial charge in [0.25, 0.3) is 0 Å². The Morgan fingerprint density at radius 3 is 1.75 bits per heavy atom. The Morgan fingerprint density at radius 2 is 1.21 bits per heavy atom. The molecule has 28 heavy (non-hydrogen) atoms. The van der Waals surface area contributed by atoms with E-state index in [0.717, 1.165) is 0 Å². The molecule has 0 saturated carbocycles. The van der Waals surface area contributed by atoms with Gasteiger partial charge in [0.1, 0.15) is 0 Å². The van der Waals surface area contributed by atoms with Crippen LogP contribution < -0.4 is 26.6 Å². The van der Waals surface area contributed by atoms with Crippen LogP contribution in [-0.2, 0) is 24.0 Å². The van der Waals surface area contributed by atoms with Crippen molar-refractivity contribution in [2.45, 2.75) is 20.3 Å². The van der Waals surface area contributed by atoms with Crippen molar-refractivity contribution >= 4 is 29.5 Å². The third kappa shape index (κ3) is 11.1. The van der Waals surface area contributed by atoms with Gasteiger partial charge in [-0.1, -0.05) is 0 Å². The first-order valence-electron chi connectivity index (χ1n) is 9.27. The Balaban J connectivity index is 2.03. The largest absolute Gasteiger partial charge is 0.355 e. The summed E-state index contributed by atoms with van der Waals surface area (Å²) < 4.78 is 0. The number of hydrogen-bond acceptors (Lipinski definition) is 6. The van der Waals surface area contributed by atoms with E-state index in [1.165, 1.54) is 13.8 Å². The zero-order chi connectivity index (χ0) is 20.9. The van der Waals surface area contributed by atoms with Crippen LogP contribution in [0.15, 0.2) is 0 Å². The maximum atomic E-state index is 11.8. The monoisotopic (exact) mass is 398 g/mol. The summed E-state index contributed by atoms with van der Waals surface area (Å²) in [6.45, 7) is 5.68. The molecule has 0 aromatic carbocycles. The number of carbonyl (C=O) groups is 5. The summed E-state index contributed by atoms with van der Waals surface area (Å²) in [5, 5.41) is 13.0. The number of nitrogens with zero attached hydrogens (tertiary/aromatic N) is 1. The van der Waals surface area contributed by atoms with Crippen LogP contribution >= 0.6 is 0 Å². The zero-order valence-electron chi connectivity index (χ0n) is 16.4. The van der Waals surface area contributed by atoms with E-state index >= 15 is 0 Å². The molecule has 0 spiro atoms. The zero-order valence-corrected chi connectivity index (χ0v) is 16.4. The van der Waals surface area contributed by atoms with Gasteiger partial charge in [-0.2, -0.15) is 0 Å². The van der Waals surface area contributed by atoms with Crippen LogP contribution in [0.25, 0.3) is 0 Å². The molecule has 0 aromatic heterocycles. The van der Waals surface area contributed by atoms with Gasteiger partial charge in [-0.05, 0) is 5.92 Å². The number of hydrogen-bond donors (Lipinski definition) is 5. The molecule has 5 N–H and O–H groups in total. The molecular weight excluding hydrogens is 368 g/mol. The van der Waals surface area contributed by atoms with Crippen molar-refractivity contribution in [2.24, 2.45) is 5.92 Å². The summed E-state index contributed by atoms with van der Waals surface area (Å²) in [7, 11) is 0. The van der Waals surface area contributed by atoms with Gasteiger partial charge in [0.2, 0.25) is 29.5 Å². The smallest absolute Gasteiger partial charge is 0.239 e. The molecule has 1 saturated heterocycles. The van der Waals surface area contributed by atoms with Crippen LogP contribution in [0.2, 0.25) is 0 Å². The lowest BCUT2D eigenvalue weighted by molar-refractivity contribution is -0.128. The quantitative estimate of drug-likeness (QED) is 0.220. The summed E-state index contributed by atoms with van der Waals surface area (Å²) in [6.07, 6.45) is 0.305. The highest BCUT2D eigenvalue weighted by Crippen LogP contribution is 2.18. The van der Waals surface area contributed by atoms with E-state index in [1.54, 1.807) is 0 Å². The molecule has 0 aromatic rings. The summed E-state index contributed by atoms with van der Waals surface area (Å²) >= 11 is 0. The summed E-state index contributed by atoms with van der Waals surface area (Å²) in [6, 6.07) is 0. The molecule has 1 fully saturated rings. The highest BCUT2D eigenvalue weighted by Gasteiger charge is 2.29. The third-order valence-corrected chi connectivity index (χ3v) is 3.96. The second kappa shape index (κ2) is 12.7. The summed E-state index contributed by atoms with van der Waals surface area (Å²) in [4.78, 5) is 58.5. The van der Waals surface area contributed by atoms with E-state index in [1.807, 2.05) is 4.90 Å². The van der Waals surface area contributed by atoms with Crippen molar-refractivity contribution in [3.05, 3.63) is 0 Å². The van der Waals surface area contributed by atoms with Gasteiger partial charge < -0.3 is 26.6 Å². The first kappa shape index (κ1) is 23.3. The number of rotatable bonds is 12. The SMILES string of the molecule is CC(=O)NCCNC(=O)CNC(=O)CC1CN(CC(=O)NCCNC(C)=O)C1. The number of likely N-dealkylation sites (tertiary alicyclic amines) is 1. The predicted octanol–water partition coefficient (Wildman–Crippen LogP) is -3.07. The Kier molecular flexibility index (Phi) is 10.6. The molecular formula is C17H30N6O5. The molecule has 1 rings (SSSR count). The third-order valence-electron chi connectivity index (χ3n) is 3.96. The molecule has 0 bridgehead atoms. The van der Waals surface area contributed by atoms with E-state index in [4.69, 9.17) is 0 Å². The molecule has 0 aliphatic carbocycles. The van der Waals surface area contributed by atoms with E-state index in [-0.39, 0.29) is 48.5 Å². The second-order valence-corrected chi connectivity index (χ2v) is 6.71. The van der Waals surface area contributed by atoms with Crippen LogP contribution in [-0.4, -0.2) is 86.8 Å². The fourth-order valence-electron chi connectivity index (χ4n) is 2.65. The second-order valence-electron chi connectivity index (χ2n) is 6.71. The lowest BCUT2D eigenvalue weighted by Crippen LogP contribution is -2.52. The van der Waals surface area contributed by atoms with Crippen molar-refractivity contribution < 1.29 is 24.0 Å². The molecule has 1 aliphatic heterocycles. The van der Waals surface area contributed by atoms with Gasteiger partial charge in [0, 0.05) is 59.5 Å². The molecule has 158 valence electrons. The van der Waals surface area contributed by atoms with Crippen LogP contribution in [0.3, 0.4) is 0 Å². The molecule has 0 atom stereocenters. The van der Waals surface area contributed by atoms with Gasteiger partial charge in [-0.15, -0.1) is 0 Å². The molecule has 0 radical (unpaired) electrons. The molecule has 1 aliphatic rings. The van der Waals surface area contributed by atoms with Crippen molar-refractivity contribution in [3.8, 4) is 0 Å². The lowest BCUT2D eigenvalue weighted by Gasteiger charge is -2.38. The van der Waals surface area contributed by atoms with Crippen LogP contribution in [0.1, 0.15) is 20.3 Å². The van der Waals surface area contributed by atoms with Gasteiger partial charge >= 0.3 is 0 Å². The number of nitrogens with one attached hydrogen (secondary N) is 5. The highest BCUT2D eigenvalue weighted by atomic mass is 16.2. The van der Waals surface area contributed by atoms with Crippen LogP contribution in [0.4, 0.5) is 0 Å². The molecule has 11 nitrogen and oxygen atoms in total. The lowest BCUT2D eigenvalue weighted by atomic mass is 9.96. The Hall–Kier alpha value is -2.69. The van der Waals surface area contributed by atoms with Gasteiger partial charge in [0.15, 0.2) is 0 Å². The standard InChI is InChI=1S/C17H30N6O5/c1-12(24)18-3-5-20-16(27)8-22-15(26)7-14-9-23(10-14)11-17(28)21-6-4-19-13(2)25/h14H,3-11H2,1-2H3,(H,18,24)(H,19,25)(H,20,27)(H,21,28)(H,22,26). The molecule has 0 unspecified atom stereocenters. The topological polar surface area (TPSA) is 149 Å². The minimum atomic E-state index is -0.315. The highest BCUT2D eigenvalue weighted by molar-refractivity contribution is 5.85. The van der Waals surface area contributed by atoms with Crippen molar-refractivity contribution in [1.29, 1.82) is 0 Å². The maximum Gasteiger partial charge on any atom is 0.239 e. The number of carbonyl (C=O) groups excluding carboxylic acids is 5. The minimum Gasteiger partial charge on any atom is -0.355 e. The van der Waals surface area contributed by atoms with E-state index < -0.39 is 0 Å². The Morgan fingerprint density at radius 1 is 0.714 bits per heavy atom. The van der Waals surface area contributed by atoms with E-state index in [9.17, 15) is 24.0 Å². The number of amides is 5. The Labute approximate surface area is 164 Å². The normalized spacial score (nSPS) is 13.8. The molecule has 5 amide bonds. The van der Waals surface area contributed by atoms with Gasteiger partial charge in [0.05, 0.1) is 13.1 Å². The molecule has 11 heteroatoms. The molecule has 1 heterocycles. The maximum absolute atomic E-state index is 11.8. The van der Waals surface area contributed by atoms with Crippen LogP contribution in [0.5, 0.6) is 0 Å². The van der Waals surface area contributed by atoms with Crippen LogP contribution in [0, 0.1) is 5.92 Å². The van der Waals surface area contributed by atoms with Crippen molar-refractivity contribution in [1.82, 2.24) is 31.5 Å². The van der Waals surface area contributed by atoms with Crippen molar-refractivity contribution in [2.75, 3.05) is 52.4 Å². The summed E-state index contributed by atoms with van der Waals surface area (Å²) in [5.41, 5.74) is 0. The summed E-state index contributed by atoms with van der Waals surface area (Å²) in [5.74, 6) is -0.786. The average Bonchev–Trinajstić information content (AvgIpc) is 2.58. The fraction of sp³-hybridized carbons (Fsp3) is 0.706. The van der Waals surface area contributed by atoms with Gasteiger partial charge in [-0.3, -0.25) is 28.9 Å².